The molecular formula is C54H104O6. The van der Waals surface area contributed by atoms with Crippen LogP contribution in [-0.4, -0.2) is 37.2 Å². The minimum absolute atomic E-state index is 0.0625. The number of carbonyl (C=O) groups is 3. The van der Waals surface area contributed by atoms with Crippen molar-refractivity contribution in [1.29, 1.82) is 0 Å². The van der Waals surface area contributed by atoms with Crippen molar-refractivity contribution in [2.75, 3.05) is 13.2 Å². The second-order valence-corrected chi connectivity index (χ2v) is 19.0. The van der Waals surface area contributed by atoms with Gasteiger partial charge in [0.15, 0.2) is 6.10 Å². The largest absolute Gasteiger partial charge is 0.462 e. The van der Waals surface area contributed by atoms with Gasteiger partial charge in [0.25, 0.3) is 0 Å². The zero-order valence-corrected chi connectivity index (χ0v) is 40.9. The van der Waals surface area contributed by atoms with Crippen LogP contribution in [0.2, 0.25) is 0 Å². The average Bonchev–Trinajstić information content (AvgIpc) is 3.23. The van der Waals surface area contributed by atoms with Gasteiger partial charge in [-0.3, -0.25) is 14.4 Å². The van der Waals surface area contributed by atoms with Gasteiger partial charge < -0.3 is 14.2 Å². The molecule has 0 bridgehead atoms. The molecule has 0 aliphatic rings. The minimum atomic E-state index is -0.761. The molecule has 0 saturated heterocycles. The van der Waals surface area contributed by atoms with Crippen molar-refractivity contribution in [2.45, 2.75) is 310 Å². The SMILES string of the molecule is CCCCCCCCCCCCCCCCCCC(=O)OC[C@H](COC(=O)CCCCCCCCCCCCCC)OC(=O)CCCCCCCCCCCCCC(C)C. The lowest BCUT2D eigenvalue weighted by Gasteiger charge is -2.18. The number of carbonyl (C=O) groups excluding carboxylic acids is 3. The molecule has 60 heavy (non-hydrogen) atoms. The molecule has 0 spiro atoms. The Labute approximate surface area is 374 Å². The van der Waals surface area contributed by atoms with E-state index in [2.05, 4.69) is 27.7 Å². The number of rotatable bonds is 49. The average molecular weight is 849 g/mol. The molecule has 356 valence electrons. The first kappa shape index (κ1) is 58.4. The van der Waals surface area contributed by atoms with Crippen LogP contribution in [0.5, 0.6) is 0 Å². The quantitative estimate of drug-likeness (QED) is 0.0345. The molecule has 0 rings (SSSR count). The Hall–Kier alpha value is -1.59. The zero-order chi connectivity index (χ0) is 43.8. The monoisotopic (exact) mass is 849 g/mol. The van der Waals surface area contributed by atoms with Crippen LogP contribution in [-0.2, 0) is 28.6 Å². The van der Waals surface area contributed by atoms with E-state index in [0.29, 0.717) is 19.3 Å². The molecule has 0 aliphatic heterocycles. The molecule has 0 unspecified atom stereocenters. The normalized spacial score (nSPS) is 11.9. The highest BCUT2D eigenvalue weighted by Gasteiger charge is 2.19. The van der Waals surface area contributed by atoms with Crippen molar-refractivity contribution in [1.82, 2.24) is 0 Å². The lowest BCUT2D eigenvalue weighted by molar-refractivity contribution is -0.167. The second kappa shape index (κ2) is 48.4. The molecule has 0 N–H and O–H groups in total. The van der Waals surface area contributed by atoms with Crippen molar-refractivity contribution in [3.8, 4) is 0 Å². The van der Waals surface area contributed by atoms with Crippen LogP contribution in [0.3, 0.4) is 0 Å². The Bertz CT molecular complexity index is 903. The fraction of sp³-hybridized carbons (Fsp3) is 0.944. The van der Waals surface area contributed by atoms with Gasteiger partial charge in [-0.2, -0.15) is 0 Å². The maximum absolute atomic E-state index is 12.8. The van der Waals surface area contributed by atoms with Gasteiger partial charge in [0.05, 0.1) is 0 Å². The van der Waals surface area contributed by atoms with Crippen molar-refractivity contribution in [3.05, 3.63) is 0 Å². The smallest absolute Gasteiger partial charge is 0.306 e. The van der Waals surface area contributed by atoms with Gasteiger partial charge in [0.1, 0.15) is 13.2 Å². The summed E-state index contributed by atoms with van der Waals surface area (Å²) in [7, 11) is 0. The maximum Gasteiger partial charge on any atom is 0.306 e. The van der Waals surface area contributed by atoms with Crippen LogP contribution in [0.4, 0.5) is 0 Å². The lowest BCUT2D eigenvalue weighted by Crippen LogP contribution is -2.30. The van der Waals surface area contributed by atoms with E-state index in [0.717, 1.165) is 63.7 Å². The van der Waals surface area contributed by atoms with Crippen molar-refractivity contribution in [3.63, 3.8) is 0 Å². The summed E-state index contributed by atoms with van der Waals surface area (Å²) in [6, 6.07) is 0. The zero-order valence-electron chi connectivity index (χ0n) is 40.9. The van der Waals surface area contributed by atoms with Crippen molar-refractivity contribution >= 4 is 17.9 Å². The molecule has 0 saturated carbocycles. The Morgan fingerprint density at radius 2 is 0.550 bits per heavy atom. The summed E-state index contributed by atoms with van der Waals surface area (Å²) in [4.78, 5) is 38.0. The summed E-state index contributed by atoms with van der Waals surface area (Å²) in [6.07, 6.45) is 50.8. The number of hydrogen-bond acceptors (Lipinski definition) is 6. The molecule has 0 aromatic rings. The maximum atomic E-state index is 12.8. The molecule has 6 heteroatoms. The van der Waals surface area contributed by atoms with Gasteiger partial charge in [0, 0.05) is 19.3 Å². The van der Waals surface area contributed by atoms with Crippen molar-refractivity contribution in [2.24, 2.45) is 5.92 Å². The van der Waals surface area contributed by atoms with Gasteiger partial charge in [-0.15, -0.1) is 0 Å². The van der Waals surface area contributed by atoms with Gasteiger partial charge in [0.2, 0.25) is 0 Å². The first-order chi connectivity index (χ1) is 29.4. The van der Waals surface area contributed by atoms with Crippen LogP contribution >= 0.6 is 0 Å². The van der Waals surface area contributed by atoms with Crippen LogP contribution in [0.1, 0.15) is 304 Å². The summed E-state index contributed by atoms with van der Waals surface area (Å²) in [5, 5.41) is 0. The summed E-state index contributed by atoms with van der Waals surface area (Å²) < 4.78 is 16.8. The van der Waals surface area contributed by atoms with E-state index in [-0.39, 0.29) is 31.1 Å². The Morgan fingerprint density at radius 3 is 0.817 bits per heavy atom. The fourth-order valence-corrected chi connectivity index (χ4v) is 8.22. The number of unbranched alkanes of at least 4 members (excludes halogenated alkanes) is 36. The lowest BCUT2D eigenvalue weighted by atomic mass is 10.0. The second-order valence-electron chi connectivity index (χ2n) is 19.0. The van der Waals surface area contributed by atoms with E-state index < -0.39 is 6.10 Å². The highest BCUT2D eigenvalue weighted by molar-refractivity contribution is 5.71. The summed E-state index contributed by atoms with van der Waals surface area (Å²) in [5.74, 6) is -0.0167. The van der Waals surface area contributed by atoms with E-state index in [1.165, 1.54) is 199 Å². The van der Waals surface area contributed by atoms with E-state index >= 15 is 0 Å². The Morgan fingerprint density at radius 1 is 0.317 bits per heavy atom. The Balaban J connectivity index is 4.29. The van der Waals surface area contributed by atoms with Gasteiger partial charge in [-0.05, 0) is 25.2 Å². The molecular weight excluding hydrogens is 745 g/mol. The number of ether oxygens (including phenoxy) is 3. The van der Waals surface area contributed by atoms with E-state index in [4.69, 9.17) is 14.2 Å². The van der Waals surface area contributed by atoms with Crippen LogP contribution < -0.4 is 0 Å². The van der Waals surface area contributed by atoms with Gasteiger partial charge in [-0.1, -0.05) is 265 Å². The molecule has 0 amide bonds. The molecule has 0 radical (unpaired) electrons. The number of esters is 3. The first-order valence-corrected chi connectivity index (χ1v) is 26.9. The van der Waals surface area contributed by atoms with Gasteiger partial charge in [-0.25, -0.2) is 0 Å². The summed E-state index contributed by atoms with van der Waals surface area (Å²) in [6.45, 7) is 9.03. The topological polar surface area (TPSA) is 78.9 Å². The third kappa shape index (κ3) is 47.5. The molecule has 0 fully saturated rings. The molecule has 6 nitrogen and oxygen atoms in total. The van der Waals surface area contributed by atoms with E-state index in [9.17, 15) is 14.4 Å². The molecule has 1 atom stereocenters. The third-order valence-electron chi connectivity index (χ3n) is 12.3. The highest BCUT2D eigenvalue weighted by atomic mass is 16.6. The minimum Gasteiger partial charge on any atom is -0.462 e. The molecule has 0 aromatic heterocycles. The predicted molar refractivity (Wildman–Crippen MR) is 257 cm³/mol. The standard InChI is InChI=1S/C54H104O6/c1-5-7-9-11-13-15-17-19-20-21-22-26-30-34-38-42-46-53(56)59-49-51(48-58-52(55)45-41-37-33-29-25-18-16-14-12-10-8-6-2)60-54(57)47-43-39-35-31-27-23-24-28-32-36-40-44-50(3)4/h50-51H,5-49H2,1-4H3/t51-/m0/s1. The van der Waals surface area contributed by atoms with Gasteiger partial charge >= 0.3 is 17.9 Å². The third-order valence-corrected chi connectivity index (χ3v) is 12.3. The Kier molecular flexibility index (Phi) is 47.2. The van der Waals surface area contributed by atoms with Crippen LogP contribution in [0.15, 0.2) is 0 Å². The number of hydrogen-bond donors (Lipinski definition) is 0. The van der Waals surface area contributed by atoms with Crippen molar-refractivity contribution < 1.29 is 28.6 Å². The van der Waals surface area contributed by atoms with Crippen LogP contribution in [0, 0.1) is 5.92 Å². The van der Waals surface area contributed by atoms with Crippen LogP contribution in [0.25, 0.3) is 0 Å². The molecule has 0 aromatic carbocycles. The highest BCUT2D eigenvalue weighted by Crippen LogP contribution is 2.17. The molecule has 0 heterocycles. The predicted octanol–water partition coefficient (Wildman–Crippen LogP) is 17.5. The van der Waals surface area contributed by atoms with E-state index in [1.807, 2.05) is 0 Å². The molecule has 0 aliphatic carbocycles. The fourth-order valence-electron chi connectivity index (χ4n) is 8.22. The van der Waals surface area contributed by atoms with E-state index in [1.54, 1.807) is 0 Å². The summed E-state index contributed by atoms with van der Waals surface area (Å²) in [5.41, 5.74) is 0. The summed E-state index contributed by atoms with van der Waals surface area (Å²) >= 11 is 0. The first-order valence-electron chi connectivity index (χ1n) is 26.9.